The molecule has 2 aromatic carbocycles. The Labute approximate surface area is 111 Å². The molecule has 18 heavy (non-hydrogen) atoms. The largest absolute Gasteiger partial charge is 0.494 e. The molecule has 0 N–H and O–H groups in total. The van der Waals surface area contributed by atoms with E-state index in [1.807, 2.05) is 31.2 Å². The van der Waals surface area contributed by atoms with Gasteiger partial charge in [0, 0.05) is 10.6 Å². The van der Waals surface area contributed by atoms with Gasteiger partial charge in [0.1, 0.15) is 5.75 Å². The highest BCUT2D eigenvalue weighted by Crippen LogP contribution is 2.30. The second kappa shape index (κ2) is 5.57. The summed E-state index contributed by atoms with van der Waals surface area (Å²) in [7, 11) is 0. The van der Waals surface area contributed by atoms with E-state index in [-0.39, 0.29) is 0 Å². The molecule has 3 heteroatoms. The molecule has 0 fully saturated rings. The number of halogens is 1. The summed E-state index contributed by atoms with van der Waals surface area (Å²) in [6, 6.07) is 15.0. The third-order valence-corrected chi connectivity index (χ3v) is 2.90. The van der Waals surface area contributed by atoms with Gasteiger partial charge in [0.25, 0.3) is 0 Å². The van der Waals surface area contributed by atoms with E-state index in [1.165, 1.54) is 0 Å². The zero-order valence-electron chi connectivity index (χ0n) is 9.98. The molecule has 0 atom stereocenters. The summed E-state index contributed by atoms with van der Waals surface area (Å²) in [5.74, 6) is 0.828. The van der Waals surface area contributed by atoms with E-state index in [0.29, 0.717) is 17.2 Å². The molecule has 2 nitrogen and oxygen atoms in total. The molecule has 0 spiro atoms. The van der Waals surface area contributed by atoms with Gasteiger partial charge in [-0.15, -0.1) is 0 Å². The van der Waals surface area contributed by atoms with E-state index >= 15 is 0 Å². The standard InChI is InChI=1S/C15H12ClNO/c1-2-18-13-6-4-12(5-7-13)14-9-11(10-17)3-8-15(14)16/h3-9H,2H2,1H3. The maximum atomic E-state index is 8.90. The fourth-order valence-corrected chi connectivity index (χ4v) is 1.94. The Kier molecular flexibility index (Phi) is 3.86. The van der Waals surface area contributed by atoms with Crippen molar-refractivity contribution in [1.29, 1.82) is 5.26 Å². The lowest BCUT2D eigenvalue weighted by Gasteiger charge is -2.07. The summed E-state index contributed by atoms with van der Waals surface area (Å²) in [5.41, 5.74) is 2.43. The molecule has 0 aliphatic heterocycles. The van der Waals surface area contributed by atoms with E-state index < -0.39 is 0 Å². The van der Waals surface area contributed by atoms with Gasteiger partial charge in [-0.25, -0.2) is 0 Å². The molecule has 2 aromatic rings. The van der Waals surface area contributed by atoms with Crippen molar-refractivity contribution in [2.45, 2.75) is 6.92 Å². The number of benzene rings is 2. The molecule has 0 radical (unpaired) electrons. The van der Waals surface area contributed by atoms with Crippen LogP contribution in [0.15, 0.2) is 42.5 Å². The van der Waals surface area contributed by atoms with Crippen LogP contribution in [0.2, 0.25) is 5.02 Å². The van der Waals surface area contributed by atoms with Crippen LogP contribution in [0.1, 0.15) is 12.5 Å². The first-order chi connectivity index (χ1) is 8.74. The summed E-state index contributed by atoms with van der Waals surface area (Å²) in [4.78, 5) is 0. The Bertz CT molecular complexity index is 584. The molecule has 0 aromatic heterocycles. The van der Waals surface area contributed by atoms with Gasteiger partial charge in [0.2, 0.25) is 0 Å². The quantitative estimate of drug-likeness (QED) is 0.822. The first-order valence-corrected chi connectivity index (χ1v) is 6.05. The molecule has 0 bridgehead atoms. The predicted octanol–water partition coefficient (Wildman–Crippen LogP) is 4.28. The molecule has 0 saturated carbocycles. The van der Waals surface area contributed by atoms with Crippen LogP contribution in [-0.4, -0.2) is 6.61 Å². The highest BCUT2D eigenvalue weighted by atomic mass is 35.5. The monoisotopic (exact) mass is 257 g/mol. The van der Waals surface area contributed by atoms with Gasteiger partial charge in [-0.2, -0.15) is 5.26 Å². The van der Waals surface area contributed by atoms with Gasteiger partial charge >= 0.3 is 0 Å². The Morgan fingerprint density at radius 1 is 1.17 bits per heavy atom. The van der Waals surface area contributed by atoms with Gasteiger partial charge in [-0.05, 0) is 42.8 Å². The lowest BCUT2D eigenvalue weighted by atomic mass is 10.0. The zero-order chi connectivity index (χ0) is 13.0. The van der Waals surface area contributed by atoms with Crippen molar-refractivity contribution in [3.63, 3.8) is 0 Å². The number of hydrogen-bond acceptors (Lipinski definition) is 2. The van der Waals surface area contributed by atoms with Crippen LogP contribution in [-0.2, 0) is 0 Å². The van der Waals surface area contributed by atoms with Crippen molar-refractivity contribution in [2.75, 3.05) is 6.61 Å². The van der Waals surface area contributed by atoms with Crippen LogP contribution in [0.25, 0.3) is 11.1 Å². The van der Waals surface area contributed by atoms with E-state index in [2.05, 4.69) is 6.07 Å². The minimum Gasteiger partial charge on any atom is -0.494 e. The number of rotatable bonds is 3. The van der Waals surface area contributed by atoms with Crippen molar-refractivity contribution in [1.82, 2.24) is 0 Å². The van der Waals surface area contributed by atoms with E-state index in [4.69, 9.17) is 21.6 Å². The molecule has 90 valence electrons. The summed E-state index contributed by atoms with van der Waals surface area (Å²) in [6.45, 7) is 2.59. The third kappa shape index (κ3) is 2.64. The van der Waals surface area contributed by atoms with Gasteiger partial charge in [-0.3, -0.25) is 0 Å². The molecule has 0 heterocycles. The average molecular weight is 258 g/mol. The molecule has 0 aliphatic carbocycles. The minimum atomic E-state index is 0.600. The third-order valence-electron chi connectivity index (χ3n) is 2.57. The molecule has 2 rings (SSSR count). The van der Waals surface area contributed by atoms with Crippen molar-refractivity contribution in [2.24, 2.45) is 0 Å². The maximum Gasteiger partial charge on any atom is 0.119 e. The van der Waals surface area contributed by atoms with Crippen LogP contribution in [0.4, 0.5) is 0 Å². The van der Waals surface area contributed by atoms with Gasteiger partial charge in [0.15, 0.2) is 0 Å². The van der Waals surface area contributed by atoms with Crippen molar-refractivity contribution >= 4 is 11.6 Å². The van der Waals surface area contributed by atoms with Gasteiger partial charge < -0.3 is 4.74 Å². The normalized spacial score (nSPS) is 9.83. The van der Waals surface area contributed by atoms with Gasteiger partial charge in [-0.1, -0.05) is 23.7 Å². The van der Waals surface area contributed by atoms with Gasteiger partial charge in [0.05, 0.1) is 18.2 Å². The fraction of sp³-hybridized carbons (Fsp3) is 0.133. The Morgan fingerprint density at radius 2 is 1.89 bits per heavy atom. The molecular formula is C15H12ClNO. The first-order valence-electron chi connectivity index (χ1n) is 5.67. The number of nitriles is 1. The maximum absolute atomic E-state index is 8.90. The van der Waals surface area contributed by atoms with Crippen LogP contribution in [0, 0.1) is 11.3 Å². The van der Waals surface area contributed by atoms with E-state index in [1.54, 1.807) is 18.2 Å². The van der Waals surface area contributed by atoms with Crippen LogP contribution < -0.4 is 4.74 Å². The Balaban J connectivity index is 2.39. The second-order valence-corrected chi connectivity index (χ2v) is 4.17. The highest BCUT2D eigenvalue weighted by Gasteiger charge is 2.05. The van der Waals surface area contributed by atoms with E-state index in [0.717, 1.165) is 16.9 Å². The Morgan fingerprint density at radius 3 is 2.50 bits per heavy atom. The highest BCUT2D eigenvalue weighted by molar-refractivity contribution is 6.33. The number of ether oxygens (including phenoxy) is 1. The summed E-state index contributed by atoms with van der Waals surface area (Å²) < 4.78 is 5.39. The summed E-state index contributed by atoms with van der Waals surface area (Å²) >= 11 is 6.15. The Hall–Kier alpha value is -1.98. The SMILES string of the molecule is CCOc1ccc(-c2cc(C#N)ccc2Cl)cc1. The van der Waals surface area contributed by atoms with Crippen LogP contribution in [0.3, 0.4) is 0 Å². The second-order valence-electron chi connectivity index (χ2n) is 3.76. The van der Waals surface area contributed by atoms with Crippen LogP contribution >= 0.6 is 11.6 Å². The van der Waals surface area contributed by atoms with Crippen LogP contribution in [0.5, 0.6) is 5.75 Å². The smallest absolute Gasteiger partial charge is 0.119 e. The lowest BCUT2D eigenvalue weighted by molar-refractivity contribution is 0.340. The lowest BCUT2D eigenvalue weighted by Crippen LogP contribution is -1.90. The molecule has 0 unspecified atom stereocenters. The minimum absolute atomic E-state index is 0.600. The van der Waals surface area contributed by atoms with E-state index in [9.17, 15) is 0 Å². The average Bonchev–Trinajstić information content (AvgIpc) is 2.41. The zero-order valence-corrected chi connectivity index (χ0v) is 10.7. The first kappa shape index (κ1) is 12.5. The predicted molar refractivity (Wildman–Crippen MR) is 72.8 cm³/mol. The molecular weight excluding hydrogens is 246 g/mol. The topological polar surface area (TPSA) is 33.0 Å². The molecule has 0 saturated heterocycles. The van der Waals surface area contributed by atoms with Crippen molar-refractivity contribution in [3.05, 3.63) is 53.1 Å². The van der Waals surface area contributed by atoms with Crippen molar-refractivity contribution < 1.29 is 4.74 Å². The fourth-order valence-electron chi connectivity index (χ4n) is 1.71. The number of nitrogens with zero attached hydrogens (tertiary/aromatic N) is 1. The molecule has 0 amide bonds. The summed E-state index contributed by atoms with van der Waals surface area (Å²) in [5, 5.41) is 9.54. The van der Waals surface area contributed by atoms with Crippen molar-refractivity contribution in [3.8, 4) is 22.9 Å². The summed E-state index contributed by atoms with van der Waals surface area (Å²) in [6.07, 6.45) is 0. The molecule has 0 aliphatic rings. The number of hydrogen-bond donors (Lipinski definition) is 0.